The van der Waals surface area contributed by atoms with Gasteiger partial charge in [0.1, 0.15) is 5.69 Å². The lowest BCUT2D eigenvalue weighted by atomic mass is 9.96. The molecule has 1 aliphatic rings. The second-order valence-corrected chi connectivity index (χ2v) is 10.1. The van der Waals surface area contributed by atoms with Crippen LogP contribution in [-0.4, -0.2) is 60.8 Å². The summed E-state index contributed by atoms with van der Waals surface area (Å²) in [6.45, 7) is 9.76. The van der Waals surface area contributed by atoms with Crippen LogP contribution in [0.25, 0.3) is 11.3 Å². The minimum absolute atomic E-state index is 0.0470. The minimum Gasteiger partial charge on any atom is -0.371 e. The number of hydrogen-bond acceptors (Lipinski definition) is 6. The number of amides is 1. The zero-order valence-electron chi connectivity index (χ0n) is 21.0. The largest absolute Gasteiger partial charge is 0.371 e. The van der Waals surface area contributed by atoms with Gasteiger partial charge >= 0.3 is 0 Å². The Hall–Kier alpha value is -3.58. The molecule has 0 unspecified atom stereocenters. The molecule has 0 atom stereocenters. The monoisotopic (exact) mass is 473 g/mol. The van der Waals surface area contributed by atoms with E-state index in [0.717, 1.165) is 35.6 Å². The van der Waals surface area contributed by atoms with E-state index in [4.69, 9.17) is 4.98 Å². The number of rotatable bonds is 6. The zero-order valence-corrected chi connectivity index (χ0v) is 21.0. The summed E-state index contributed by atoms with van der Waals surface area (Å²) >= 11 is 0. The summed E-state index contributed by atoms with van der Waals surface area (Å²) in [5, 5.41) is 14.9. The van der Waals surface area contributed by atoms with Gasteiger partial charge in [-0.25, -0.2) is 4.98 Å². The molecule has 184 valence electrons. The van der Waals surface area contributed by atoms with Gasteiger partial charge in [0.25, 0.3) is 5.91 Å². The number of anilines is 3. The van der Waals surface area contributed by atoms with Crippen LogP contribution in [0.3, 0.4) is 0 Å². The van der Waals surface area contributed by atoms with Crippen molar-refractivity contribution in [1.29, 1.82) is 0 Å². The van der Waals surface area contributed by atoms with E-state index >= 15 is 0 Å². The molecule has 1 aromatic heterocycles. The van der Waals surface area contributed by atoms with Crippen LogP contribution in [0.1, 0.15) is 31.1 Å². The van der Waals surface area contributed by atoms with Crippen LogP contribution in [0.5, 0.6) is 0 Å². The molecule has 2 N–H and O–H groups in total. The highest BCUT2D eigenvalue weighted by atomic mass is 16.5. The first kappa shape index (κ1) is 24.5. The third kappa shape index (κ3) is 5.92. The van der Waals surface area contributed by atoms with Crippen molar-refractivity contribution in [2.45, 2.75) is 20.8 Å². The Morgan fingerprint density at radius 1 is 0.971 bits per heavy atom. The zero-order chi connectivity index (χ0) is 25.0. The maximum Gasteiger partial charge on any atom is 0.253 e. The standard InChI is InChI=1S/C28H35N5O2/c1-28(2,3)20-33(35)25-15-14-24(30-26(25)29-4)21-10-12-23(13-11-21)31-16-18-32(19-17-31)27(34)22-8-6-5-7-9-22/h5-15,35H,16-20H2,1-4H3,(H,29,30). The lowest BCUT2D eigenvalue weighted by molar-refractivity contribution is 0.0746. The number of nitrogens with one attached hydrogen (secondary N) is 1. The van der Waals surface area contributed by atoms with Gasteiger partial charge in [0.2, 0.25) is 0 Å². The van der Waals surface area contributed by atoms with Gasteiger partial charge in [-0.05, 0) is 41.8 Å². The van der Waals surface area contributed by atoms with E-state index in [-0.39, 0.29) is 11.3 Å². The van der Waals surface area contributed by atoms with Crippen molar-refractivity contribution >= 4 is 23.1 Å². The second kappa shape index (κ2) is 10.4. The van der Waals surface area contributed by atoms with Crippen molar-refractivity contribution in [3.63, 3.8) is 0 Å². The fraction of sp³-hybridized carbons (Fsp3) is 0.357. The Balaban J connectivity index is 1.41. The number of nitrogens with zero attached hydrogens (tertiary/aromatic N) is 4. The number of piperazine rings is 1. The van der Waals surface area contributed by atoms with E-state index < -0.39 is 0 Å². The van der Waals surface area contributed by atoms with Crippen molar-refractivity contribution in [3.8, 4) is 11.3 Å². The number of hydroxylamine groups is 1. The van der Waals surface area contributed by atoms with Crippen LogP contribution in [-0.2, 0) is 0 Å². The number of hydrogen-bond donors (Lipinski definition) is 2. The van der Waals surface area contributed by atoms with Crippen LogP contribution in [0.2, 0.25) is 0 Å². The van der Waals surface area contributed by atoms with E-state index in [9.17, 15) is 10.0 Å². The third-order valence-electron chi connectivity index (χ3n) is 6.13. The molecule has 35 heavy (non-hydrogen) atoms. The highest BCUT2D eigenvalue weighted by molar-refractivity contribution is 5.94. The van der Waals surface area contributed by atoms with Crippen molar-refractivity contribution < 1.29 is 10.0 Å². The van der Waals surface area contributed by atoms with Gasteiger partial charge < -0.3 is 15.1 Å². The summed E-state index contributed by atoms with van der Waals surface area (Å²) < 4.78 is 0. The molecule has 2 heterocycles. The molecule has 0 spiro atoms. The molecule has 7 heteroatoms. The van der Waals surface area contributed by atoms with Gasteiger partial charge in [-0.15, -0.1) is 0 Å². The molecular weight excluding hydrogens is 438 g/mol. The first-order chi connectivity index (χ1) is 16.7. The molecule has 1 fully saturated rings. The second-order valence-electron chi connectivity index (χ2n) is 10.1. The van der Waals surface area contributed by atoms with Crippen molar-refractivity contribution in [2.24, 2.45) is 5.41 Å². The summed E-state index contributed by atoms with van der Waals surface area (Å²) in [5.41, 5.74) is 4.34. The topological polar surface area (TPSA) is 71.9 Å². The van der Waals surface area contributed by atoms with Gasteiger partial charge in [-0.1, -0.05) is 51.1 Å². The Kier molecular flexibility index (Phi) is 7.26. The van der Waals surface area contributed by atoms with Gasteiger partial charge in [0.05, 0.1) is 12.2 Å². The molecular formula is C28H35N5O2. The van der Waals surface area contributed by atoms with E-state index in [1.54, 1.807) is 0 Å². The maximum absolute atomic E-state index is 12.7. The Labute approximate surface area is 208 Å². The first-order valence-corrected chi connectivity index (χ1v) is 12.1. The maximum atomic E-state index is 12.7. The smallest absolute Gasteiger partial charge is 0.253 e. The Morgan fingerprint density at radius 3 is 2.23 bits per heavy atom. The molecule has 0 saturated carbocycles. The minimum atomic E-state index is -0.0470. The number of aromatic nitrogens is 1. The lowest BCUT2D eigenvalue weighted by Gasteiger charge is -2.36. The van der Waals surface area contributed by atoms with Crippen LogP contribution < -0.4 is 15.3 Å². The predicted octanol–water partition coefficient (Wildman–Crippen LogP) is 4.99. The van der Waals surface area contributed by atoms with Gasteiger partial charge in [-0.2, -0.15) is 0 Å². The fourth-order valence-electron chi connectivity index (χ4n) is 4.31. The van der Waals surface area contributed by atoms with Crippen LogP contribution in [0, 0.1) is 5.41 Å². The first-order valence-electron chi connectivity index (χ1n) is 12.1. The van der Waals surface area contributed by atoms with E-state index in [1.807, 2.05) is 54.4 Å². The van der Waals surface area contributed by atoms with E-state index in [2.05, 4.69) is 55.3 Å². The van der Waals surface area contributed by atoms with Gasteiger partial charge in [0, 0.05) is 50.0 Å². The molecule has 7 nitrogen and oxygen atoms in total. The molecule has 1 aliphatic heterocycles. The molecule has 3 aromatic rings. The van der Waals surface area contributed by atoms with E-state index in [0.29, 0.717) is 31.1 Å². The number of benzene rings is 2. The van der Waals surface area contributed by atoms with Crippen molar-refractivity contribution in [1.82, 2.24) is 9.88 Å². The van der Waals surface area contributed by atoms with E-state index in [1.165, 1.54) is 5.06 Å². The van der Waals surface area contributed by atoms with Gasteiger partial charge in [0.15, 0.2) is 5.82 Å². The molecule has 0 aliphatic carbocycles. The molecule has 2 aromatic carbocycles. The number of carbonyl (C=O) groups excluding carboxylic acids is 1. The van der Waals surface area contributed by atoms with Crippen LogP contribution in [0.4, 0.5) is 17.2 Å². The highest BCUT2D eigenvalue weighted by Gasteiger charge is 2.22. The summed E-state index contributed by atoms with van der Waals surface area (Å²) in [5.74, 6) is 0.733. The molecule has 0 bridgehead atoms. The lowest BCUT2D eigenvalue weighted by Crippen LogP contribution is -2.48. The number of carbonyl (C=O) groups is 1. The average Bonchev–Trinajstić information content (AvgIpc) is 2.87. The molecule has 1 saturated heterocycles. The summed E-state index contributed by atoms with van der Waals surface area (Å²) in [4.78, 5) is 21.7. The molecule has 0 radical (unpaired) electrons. The quantitative estimate of drug-likeness (QED) is 0.491. The SMILES string of the molecule is CNc1nc(-c2ccc(N3CCN(C(=O)c4ccccc4)CC3)cc2)ccc1N(O)CC(C)(C)C. The summed E-state index contributed by atoms with van der Waals surface area (Å²) in [6.07, 6.45) is 0. The highest BCUT2D eigenvalue weighted by Crippen LogP contribution is 2.30. The van der Waals surface area contributed by atoms with Crippen LogP contribution >= 0.6 is 0 Å². The summed E-state index contributed by atoms with van der Waals surface area (Å²) in [7, 11) is 1.81. The fourth-order valence-corrected chi connectivity index (χ4v) is 4.31. The Morgan fingerprint density at radius 2 is 1.63 bits per heavy atom. The Bertz CT molecular complexity index is 1130. The normalized spacial score (nSPS) is 14.1. The van der Waals surface area contributed by atoms with Crippen LogP contribution in [0.15, 0.2) is 66.7 Å². The molecule has 4 rings (SSSR count). The van der Waals surface area contributed by atoms with Crippen molar-refractivity contribution in [3.05, 3.63) is 72.3 Å². The van der Waals surface area contributed by atoms with Gasteiger partial charge in [-0.3, -0.25) is 15.1 Å². The average molecular weight is 474 g/mol. The third-order valence-corrected chi connectivity index (χ3v) is 6.13. The molecule has 1 amide bonds. The van der Waals surface area contributed by atoms with Crippen molar-refractivity contribution in [2.75, 3.05) is 55.1 Å². The predicted molar refractivity (Wildman–Crippen MR) is 142 cm³/mol. The number of pyridine rings is 1. The summed E-state index contributed by atoms with van der Waals surface area (Å²) in [6, 6.07) is 21.7.